The van der Waals surface area contributed by atoms with Crippen LogP contribution in [0.5, 0.6) is 0 Å². The Kier molecular flexibility index (Phi) is 3.07. The summed E-state index contributed by atoms with van der Waals surface area (Å²) in [4.78, 5) is 4.82. The van der Waals surface area contributed by atoms with Crippen LogP contribution < -0.4 is 5.84 Å². The molecule has 5 heteroatoms. The molecule has 0 radical (unpaired) electrons. The fraction of sp³-hybridized carbons (Fsp3) is 0.615. The molecule has 0 unspecified atom stereocenters. The van der Waals surface area contributed by atoms with Gasteiger partial charge in [0.2, 0.25) is 0 Å². The molecule has 98 valence electrons. The van der Waals surface area contributed by atoms with E-state index in [-0.39, 0.29) is 5.41 Å². The van der Waals surface area contributed by atoms with E-state index in [0.717, 1.165) is 16.7 Å². The molecule has 0 aromatic carbocycles. The van der Waals surface area contributed by atoms with Gasteiger partial charge in [-0.1, -0.05) is 40.4 Å². The van der Waals surface area contributed by atoms with Crippen molar-refractivity contribution in [2.24, 2.45) is 16.3 Å². The van der Waals surface area contributed by atoms with Crippen molar-refractivity contribution < 1.29 is 0 Å². The summed E-state index contributed by atoms with van der Waals surface area (Å²) >= 11 is 9.88. The van der Waals surface area contributed by atoms with Crippen molar-refractivity contribution in [1.82, 2.24) is 5.01 Å². The number of nitrogens with zero attached hydrogens (tertiary/aromatic N) is 2. The molecule has 1 aliphatic heterocycles. The zero-order valence-corrected chi connectivity index (χ0v) is 12.8. The van der Waals surface area contributed by atoms with E-state index in [9.17, 15) is 0 Å². The fourth-order valence-corrected chi connectivity index (χ4v) is 4.03. The molecule has 3 rings (SSSR count). The number of hydrogen-bond acceptors (Lipinski definition) is 3. The van der Waals surface area contributed by atoms with E-state index in [4.69, 9.17) is 22.4 Å². The van der Waals surface area contributed by atoms with Crippen LogP contribution in [0.3, 0.4) is 0 Å². The summed E-state index contributed by atoms with van der Waals surface area (Å²) in [5.41, 5.74) is 2.66. The number of aliphatic imine (C=N–C) groups is 1. The minimum atomic E-state index is 0.282. The third kappa shape index (κ3) is 1.69. The summed E-state index contributed by atoms with van der Waals surface area (Å²) in [5.74, 6) is 6.76. The van der Waals surface area contributed by atoms with Crippen LogP contribution in [-0.2, 0) is 0 Å². The Morgan fingerprint density at radius 3 is 2.67 bits per heavy atom. The van der Waals surface area contributed by atoms with E-state index in [1.165, 1.54) is 48.4 Å². The van der Waals surface area contributed by atoms with Gasteiger partial charge in [-0.25, -0.2) is 15.8 Å². The van der Waals surface area contributed by atoms with Crippen molar-refractivity contribution in [1.29, 1.82) is 0 Å². The van der Waals surface area contributed by atoms with Crippen molar-refractivity contribution >= 4 is 33.2 Å². The second-order valence-electron chi connectivity index (χ2n) is 5.44. The molecule has 0 atom stereocenters. The lowest BCUT2D eigenvalue weighted by atomic mass is 9.82. The van der Waals surface area contributed by atoms with Crippen molar-refractivity contribution in [3.63, 3.8) is 0 Å². The molecule has 18 heavy (non-hydrogen) atoms. The summed E-state index contributed by atoms with van der Waals surface area (Å²) in [6.07, 6.45) is 7.31. The molecule has 3 aliphatic rings. The Morgan fingerprint density at radius 2 is 2.06 bits per heavy atom. The Morgan fingerprint density at radius 1 is 1.39 bits per heavy atom. The Bertz CT molecular complexity index is 482. The number of halogens is 2. The lowest BCUT2D eigenvalue weighted by Crippen LogP contribution is -2.35. The number of fused-ring (bicyclic) bond motifs is 2. The first-order chi connectivity index (χ1) is 8.55. The van der Waals surface area contributed by atoms with E-state index in [0.29, 0.717) is 5.16 Å². The average Bonchev–Trinajstić information content (AvgIpc) is 2.93. The lowest BCUT2D eigenvalue weighted by Gasteiger charge is -2.30. The van der Waals surface area contributed by atoms with Crippen LogP contribution in [0.1, 0.15) is 45.4 Å². The van der Waals surface area contributed by atoms with Gasteiger partial charge in [-0.05, 0) is 32.6 Å². The topological polar surface area (TPSA) is 41.6 Å². The molecular weight excluding hydrogens is 314 g/mol. The van der Waals surface area contributed by atoms with Gasteiger partial charge in [-0.2, -0.15) is 0 Å². The van der Waals surface area contributed by atoms with Crippen LogP contribution in [-0.4, -0.2) is 10.7 Å². The molecule has 0 saturated heterocycles. The van der Waals surface area contributed by atoms with E-state index in [1.54, 1.807) is 0 Å². The van der Waals surface area contributed by atoms with Crippen LogP contribution in [0.2, 0.25) is 0 Å². The first-order valence-corrected chi connectivity index (χ1v) is 7.62. The van der Waals surface area contributed by atoms with E-state index in [2.05, 4.69) is 15.9 Å². The highest BCUT2D eigenvalue weighted by molar-refractivity contribution is 9.11. The molecule has 0 aromatic heterocycles. The van der Waals surface area contributed by atoms with Crippen molar-refractivity contribution in [2.75, 3.05) is 0 Å². The third-order valence-corrected chi connectivity index (χ3v) is 5.18. The quantitative estimate of drug-likeness (QED) is 0.538. The normalized spacial score (nSPS) is 28.9. The summed E-state index contributed by atoms with van der Waals surface area (Å²) in [7, 11) is 0. The minimum absolute atomic E-state index is 0.282. The van der Waals surface area contributed by atoms with Gasteiger partial charge in [0.1, 0.15) is 5.16 Å². The molecule has 0 aromatic rings. The van der Waals surface area contributed by atoms with E-state index in [1.807, 2.05) is 6.92 Å². The maximum Gasteiger partial charge on any atom is 0.158 e. The van der Waals surface area contributed by atoms with E-state index >= 15 is 0 Å². The SMILES string of the molecule is C/C(Br)=C1/N=C2C(=C(Cl)N1N)CCC21CCCC1. The van der Waals surface area contributed by atoms with Crippen LogP contribution in [0.4, 0.5) is 0 Å². The van der Waals surface area contributed by atoms with Crippen LogP contribution in [0, 0.1) is 5.41 Å². The van der Waals surface area contributed by atoms with Gasteiger partial charge in [0.15, 0.2) is 5.82 Å². The third-order valence-electron chi connectivity index (χ3n) is 4.42. The zero-order chi connectivity index (χ0) is 12.9. The molecular formula is C13H17BrClN3. The second-order valence-corrected chi connectivity index (χ2v) is 6.99. The van der Waals surface area contributed by atoms with Gasteiger partial charge >= 0.3 is 0 Å². The molecule has 1 spiro atoms. The van der Waals surface area contributed by atoms with Gasteiger partial charge in [0.05, 0.1) is 5.71 Å². The number of allylic oxidation sites excluding steroid dienone is 2. The molecule has 2 N–H and O–H groups in total. The first-order valence-electron chi connectivity index (χ1n) is 6.44. The standard InChI is InChI=1S/C13H17BrClN3/c1-8(14)12-17-10-9(11(15)18(12)16)4-7-13(10)5-2-3-6-13/h2-7,16H2,1H3/b12-8+. The molecule has 3 nitrogen and oxygen atoms in total. The van der Waals surface area contributed by atoms with Gasteiger partial charge in [-0.15, -0.1) is 0 Å². The molecule has 0 amide bonds. The maximum atomic E-state index is 6.41. The van der Waals surface area contributed by atoms with E-state index < -0.39 is 0 Å². The predicted octanol–water partition coefficient (Wildman–Crippen LogP) is 4.01. The van der Waals surface area contributed by atoms with Crippen molar-refractivity contribution in [3.05, 3.63) is 21.0 Å². The summed E-state index contributed by atoms with van der Waals surface area (Å²) in [5, 5.41) is 2.15. The number of rotatable bonds is 0. The average molecular weight is 331 g/mol. The Balaban J connectivity index is 2.13. The molecule has 2 fully saturated rings. The highest BCUT2D eigenvalue weighted by Gasteiger charge is 2.47. The molecule has 2 saturated carbocycles. The number of hydrogen-bond donors (Lipinski definition) is 1. The maximum absolute atomic E-state index is 6.41. The molecule has 1 heterocycles. The monoisotopic (exact) mass is 329 g/mol. The fourth-order valence-electron chi connectivity index (χ4n) is 3.49. The first kappa shape index (κ1) is 12.7. The van der Waals surface area contributed by atoms with Crippen LogP contribution >= 0.6 is 27.5 Å². The van der Waals surface area contributed by atoms with Crippen LogP contribution in [0.25, 0.3) is 0 Å². The van der Waals surface area contributed by atoms with Crippen molar-refractivity contribution in [2.45, 2.75) is 45.4 Å². The minimum Gasteiger partial charge on any atom is -0.250 e. The summed E-state index contributed by atoms with van der Waals surface area (Å²) in [6, 6.07) is 0. The molecule has 0 bridgehead atoms. The van der Waals surface area contributed by atoms with Gasteiger partial charge < -0.3 is 0 Å². The number of hydrazine groups is 1. The van der Waals surface area contributed by atoms with Crippen molar-refractivity contribution in [3.8, 4) is 0 Å². The highest BCUT2D eigenvalue weighted by Crippen LogP contribution is 2.53. The summed E-state index contributed by atoms with van der Waals surface area (Å²) in [6.45, 7) is 1.95. The Labute approximate surface area is 121 Å². The van der Waals surface area contributed by atoms with Gasteiger partial charge in [-0.3, -0.25) is 0 Å². The zero-order valence-electron chi connectivity index (χ0n) is 10.5. The Hall–Kier alpha value is -0.320. The number of nitrogens with two attached hydrogens (primary N) is 1. The largest absolute Gasteiger partial charge is 0.250 e. The van der Waals surface area contributed by atoms with Crippen LogP contribution in [0.15, 0.2) is 26.0 Å². The van der Waals surface area contributed by atoms with Gasteiger partial charge in [0, 0.05) is 15.5 Å². The summed E-state index contributed by atoms with van der Waals surface area (Å²) < 4.78 is 0.926. The smallest absolute Gasteiger partial charge is 0.158 e. The molecule has 2 aliphatic carbocycles. The predicted molar refractivity (Wildman–Crippen MR) is 78.1 cm³/mol. The van der Waals surface area contributed by atoms with Gasteiger partial charge in [0.25, 0.3) is 0 Å². The highest BCUT2D eigenvalue weighted by atomic mass is 79.9. The lowest BCUT2D eigenvalue weighted by molar-refractivity contribution is 0.424. The second kappa shape index (κ2) is 4.36.